The summed E-state index contributed by atoms with van der Waals surface area (Å²) in [5.41, 5.74) is 9.26. The van der Waals surface area contributed by atoms with E-state index >= 15 is 0 Å². The molecule has 0 atom stereocenters. The van der Waals surface area contributed by atoms with Crippen LogP contribution in [0.5, 0.6) is 0 Å². The number of nitrogens with one attached hydrogen (secondary N) is 1. The first-order valence-electron chi connectivity index (χ1n) is 5.73. The van der Waals surface area contributed by atoms with Crippen molar-refractivity contribution in [2.45, 2.75) is 0 Å². The lowest BCUT2D eigenvalue weighted by Crippen LogP contribution is -1.98. The standard InChI is InChI=1S/C13H12BrN5/c1-19-7-9(5-17-19)18-13-10-4-8(14)2-3-12(10)16-6-11(13)15/h2-7H,15H2,1H3,(H,16,18). The van der Waals surface area contributed by atoms with E-state index in [1.165, 1.54) is 0 Å². The van der Waals surface area contributed by atoms with Gasteiger partial charge in [-0.15, -0.1) is 0 Å². The average molecular weight is 318 g/mol. The van der Waals surface area contributed by atoms with Gasteiger partial charge in [0, 0.05) is 23.1 Å². The topological polar surface area (TPSA) is 68.8 Å². The van der Waals surface area contributed by atoms with Gasteiger partial charge >= 0.3 is 0 Å². The summed E-state index contributed by atoms with van der Waals surface area (Å²) in [6.45, 7) is 0. The number of hydrogen-bond acceptors (Lipinski definition) is 4. The van der Waals surface area contributed by atoms with E-state index in [0.29, 0.717) is 5.69 Å². The van der Waals surface area contributed by atoms with Crippen LogP contribution < -0.4 is 11.1 Å². The van der Waals surface area contributed by atoms with Crippen molar-refractivity contribution in [2.75, 3.05) is 11.1 Å². The Morgan fingerprint density at radius 2 is 2.16 bits per heavy atom. The quantitative estimate of drug-likeness (QED) is 0.762. The Morgan fingerprint density at radius 3 is 2.89 bits per heavy atom. The molecule has 0 saturated heterocycles. The molecule has 0 amide bonds. The zero-order chi connectivity index (χ0) is 13.4. The van der Waals surface area contributed by atoms with Gasteiger partial charge in [0.2, 0.25) is 0 Å². The third-order valence-electron chi connectivity index (χ3n) is 2.83. The summed E-state index contributed by atoms with van der Waals surface area (Å²) in [7, 11) is 1.87. The van der Waals surface area contributed by atoms with E-state index < -0.39 is 0 Å². The first kappa shape index (κ1) is 12.0. The fourth-order valence-corrected chi connectivity index (χ4v) is 2.31. The molecule has 3 rings (SSSR count). The van der Waals surface area contributed by atoms with Crippen molar-refractivity contribution in [3.05, 3.63) is 41.3 Å². The number of pyridine rings is 1. The van der Waals surface area contributed by atoms with E-state index in [4.69, 9.17) is 5.73 Å². The van der Waals surface area contributed by atoms with E-state index in [-0.39, 0.29) is 0 Å². The summed E-state index contributed by atoms with van der Waals surface area (Å²) in [4.78, 5) is 4.32. The van der Waals surface area contributed by atoms with Crippen molar-refractivity contribution in [2.24, 2.45) is 7.05 Å². The Bertz CT molecular complexity index is 745. The first-order chi connectivity index (χ1) is 9.13. The summed E-state index contributed by atoms with van der Waals surface area (Å²) >= 11 is 3.47. The molecule has 5 nitrogen and oxygen atoms in total. The van der Waals surface area contributed by atoms with Crippen molar-refractivity contribution in [1.29, 1.82) is 0 Å². The minimum Gasteiger partial charge on any atom is -0.396 e. The molecule has 2 aromatic heterocycles. The Morgan fingerprint density at radius 1 is 1.32 bits per heavy atom. The summed E-state index contributed by atoms with van der Waals surface area (Å²) in [6.07, 6.45) is 5.31. The first-order valence-corrected chi connectivity index (χ1v) is 6.52. The lowest BCUT2D eigenvalue weighted by atomic mass is 10.1. The predicted molar refractivity (Wildman–Crippen MR) is 80.3 cm³/mol. The fraction of sp³-hybridized carbons (Fsp3) is 0.0769. The second-order valence-electron chi connectivity index (χ2n) is 4.28. The van der Waals surface area contributed by atoms with Crippen LogP contribution in [0.1, 0.15) is 0 Å². The number of benzene rings is 1. The van der Waals surface area contributed by atoms with Crippen LogP contribution in [0.2, 0.25) is 0 Å². The van der Waals surface area contributed by atoms with Crippen molar-refractivity contribution < 1.29 is 0 Å². The second kappa shape index (κ2) is 4.55. The van der Waals surface area contributed by atoms with Crippen LogP contribution in [-0.4, -0.2) is 14.8 Å². The molecule has 0 fully saturated rings. The molecule has 19 heavy (non-hydrogen) atoms. The Balaban J connectivity index is 2.15. The van der Waals surface area contributed by atoms with Gasteiger partial charge in [-0.05, 0) is 18.2 Å². The molecule has 0 aliphatic heterocycles. The minimum absolute atomic E-state index is 0.606. The predicted octanol–water partition coefficient (Wildman–Crippen LogP) is 3.06. The molecule has 6 heteroatoms. The van der Waals surface area contributed by atoms with Gasteiger partial charge in [0.15, 0.2) is 0 Å². The van der Waals surface area contributed by atoms with E-state index in [0.717, 1.165) is 26.8 Å². The number of nitrogen functional groups attached to an aromatic ring is 1. The molecule has 3 aromatic rings. The van der Waals surface area contributed by atoms with Crippen LogP contribution in [-0.2, 0) is 7.05 Å². The number of aryl methyl sites for hydroxylation is 1. The maximum absolute atomic E-state index is 6.02. The number of rotatable bonds is 2. The van der Waals surface area contributed by atoms with E-state index in [1.807, 2.05) is 31.4 Å². The lowest BCUT2D eigenvalue weighted by molar-refractivity contribution is 0.768. The minimum atomic E-state index is 0.606. The van der Waals surface area contributed by atoms with Gasteiger partial charge in [-0.1, -0.05) is 15.9 Å². The highest BCUT2D eigenvalue weighted by molar-refractivity contribution is 9.10. The molecule has 96 valence electrons. The fourth-order valence-electron chi connectivity index (χ4n) is 1.95. The summed E-state index contributed by atoms with van der Waals surface area (Å²) in [6, 6.07) is 5.91. The summed E-state index contributed by atoms with van der Waals surface area (Å²) in [5.74, 6) is 0. The highest BCUT2D eigenvalue weighted by atomic mass is 79.9. The highest BCUT2D eigenvalue weighted by Crippen LogP contribution is 2.32. The number of aromatic nitrogens is 3. The molecule has 0 aliphatic carbocycles. The third kappa shape index (κ3) is 2.26. The van der Waals surface area contributed by atoms with E-state index in [2.05, 4.69) is 31.3 Å². The van der Waals surface area contributed by atoms with Crippen LogP contribution in [0.15, 0.2) is 41.3 Å². The SMILES string of the molecule is Cn1cc(Nc2c(N)cnc3ccc(Br)cc23)cn1. The third-order valence-corrected chi connectivity index (χ3v) is 3.33. The van der Waals surface area contributed by atoms with Crippen molar-refractivity contribution in [3.63, 3.8) is 0 Å². The number of hydrogen-bond donors (Lipinski definition) is 2. The Kier molecular flexibility index (Phi) is 2.87. The normalized spacial score (nSPS) is 10.8. The van der Waals surface area contributed by atoms with Crippen LogP contribution in [0.3, 0.4) is 0 Å². The smallest absolute Gasteiger partial charge is 0.0771 e. The van der Waals surface area contributed by atoms with Gasteiger partial charge in [0.1, 0.15) is 0 Å². The molecule has 0 saturated carbocycles. The maximum atomic E-state index is 6.02. The van der Waals surface area contributed by atoms with Crippen molar-refractivity contribution >= 4 is 43.9 Å². The molecule has 0 aliphatic rings. The number of halogens is 1. The zero-order valence-electron chi connectivity index (χ0n) is 10.3. The van der Waals surface area contributed by atoms with Crippen molar-refractivity contribution in [3.8, 4) is 0 Å². The van der Waals surface area contributed by atoms with Crippen LogP contribution in [0, 0.1) is 0 Å². The summed E-state index contributed by atoms with van der Waals surface area (Å²) < 4.78 is 2.72. The van der Waals surface area contributed by atoms with E-state index in [9.17, 15) is 0 Å². The molecule has 1 aromatic carbocycles. The molecular formula is C13H12BrN5. The van der Waals surface area contributed by atoms with Gasteiger partial charge in [-0.3, -0.25) is 9.67 Å². The monoisotopic (exact) mass is 317 g/mol. The molecule has 0 radical (unpaired) electrons. The summed E-state index contributed by atoms with van der Waals surface area (Å²) in [5, 5.41) is 8.39. The average Bonchev–Trinajstić information content (AvgIpc) is 2.79. The Labute approximate surface area is 118 Å². The molecule has 0 bridgehead atoms. The lowest BCUT2D eigenvalue weighted by Gasteiger charge is -2.11. The van der Waals surface area contributed by atoms with E-state index in [1.54, 1.807) is 17.1 Å². The zero-order valence-corrected chi connectivity index (χ0v) is 11.8. The number of fused-ring (bicyclic) bond motifs is 1. The molecule has 0 unspecified atom stereocenters. The van der Waals surface area contributed by atoms with Crippen LogP contribution in [0.4, 0.5) is 17.1 Å². The second-order valence-corrected chi connectivity index (χ2v) is 5.19. The molecule has 2 heterocycles. The number of anilines is 3. The maximum Gasteiger partial charge on any atom is 0.0771 e. The molecule has 0 spiro atoms. The highest BCUT2D eigenvalue weighted by Gasteiger charge is 2.08. The van der Waals surface area contributed by atoms with Crippen molar-refractivity contribution in [1.82, 2.24) is 14.8 Å². The molecular weight excluding hydrogens is 306 g/mol. The van der Waals surface area contributed by atoms with Gasteiger partial charge in [0.05, 0.1) is 35.0 Å². The van der Waals surface area contributed by atoms with Crippen LogP contribution in [0.25, 0.3) is 10.9 Å². The number of nitrogens with zero attached hydrogens (tertiary/aromatic N) is 3. The molecule has 3 N–H and O–H groups in total. The Hall–Kier alpha value is -2.08. The largest absolute Gasteiger partial charge is 0.396 e. The van der Waals surface area contributed by atoms with Gasteiger partial charge in [-0.2, -0.15) is 5.10 Å². The van der Waals surface area contributed by atoms with Gasteiger partial charge in [-0.25, -0.2) is 0 Å². The van der Waals surface area contributed by atoms with Gasteiger partial charge < -0.3 is 11.1 Å². The van der Waals surface area contributed by atoms with Crippen LogP contribution >= 0.6 is 15.9 Å². The number of nitrogens with two attached hydrogens (primary N) is 1. The van der Waals surface area contributed by atoms with Gasteiger partial charge in [0.25, 0.3) is 0 Å².